The number of nitrogens with zero attached hydrogens (tertiary/aromatic N) is 1. The molecule has 0 bridgehead atoms. The SMILES string of the molecule is CC[C@@H](C(=O)NC1CCCC1)N(Cc1ccc(OC)cc1)C(=O)CSCc1ccccc1. The van der Waals surface area contributed by atoms with E-state index >= 15 is 0 Å². The van der Waals surface area contributed by atoms with E-state index in [-0.39, 0.29) is 17.9 Å². The molecular weight excluding hydrogens is 420 g/mol. The molecule has 5 nitrogen and oxygen atoms in total. The highest BCUT2D eigenvalue weighted by Crippen LogP contribution is 2.21. The van der Waals surface area contributed by atoms with Gasteiger partial charge in [-0.05, 0) is 42.5 Å². The Labute approximate surface area is 195 Å². The molecule has 0 radical (unpaired) electrons. The summed E-state index contributed by atoms with van der Waals surface area (Å²) in [6.45, 7) is 2.38. The van der Waals surface area contributed by atoms with E-state index in [1.807, 2.05) is 49.4 Å². The molecule has 1 aliphatic rings. The third-order valence-corrected chi connectivity index (χ3v) is 6.93. The minimum absolute atomic E-state index is 0.00447. The molecule has 32 heavy (non-hydrogen) atoms. The molecule has 2 aromatic carbocycles. The van der Waals surface area contributed by atoms with Crippen LogP contribution in [-0.2, 0) is 21.9 Å². The molecule has 172 valence electrons. The topological polar surface area (TPSA) is 58.6 Å². The van der Waals surface area contributed by atoms with Crippen molar-refractivity contribution in [2.75, 3.05) is 12.9 Å². The minimum Gasteiger partial charge on any atom is -0.497 e. The van der Waals surface area contributed by atoms with Gasteiger partial charge in [0, 0.05) is 18.3 Å². The van der Waals surface area contributed by atoms with Crippen molar-refractivity contribution in [2.24, 2.45) is 0 Å². The maximum atomic E-state index is 13.3. The molecule has 1 fully saturated rings. The smallest absolute Gasteiger partial charge is 0.243 e. The summed E-state index contributed by atoms with van der Waals surface area (Å²) >= 11 is 1.59. The van der Waals surface area contributed by atoms with E-state index in [0.29, 0.717) is 18.7 Å². The Bertz CT molecular complexity index is 851. The lowest BCUT2D eigenvalue weighted by Gasteiger charge is -2.31. The van der Waals surface area contributed by atoms with Crippen molar-refractivity contribution in [1.82, 2.24) is 10.2 Å². The number of nitrogens with one attached hydrogen (secondary N) is 1. The summed E-state index contributed by atoms with van der Waals surface area (Å²) < 4.78 is 5.25. The summed E-state index contributed by atoms with van der Waals surface area (Å²) in [5.74, 6) is 1.85. The van der Waals surface area contributed by atoms with Crippen LogP contribution in [-0.4, -0.2) is 41.7 Å². The molecule has 0 aromatic heterocycles. The minimum atomic E-state index is -0.470. The van der Waals surface area contributed by atoms with Gasteiger partial charge in [-0.25, -0.2) is 0 Å². The van der Waals surface area contributed by atoms with Gasteiger partial charge in [0.25, 0.3) is 0 Å². The van der Waals surface area contributed by atoms with Gasteiger partial charge in [-0.2, -0.15) is 0 Å². The third-order valence-electron chi connectivity index (χ3n) is 5.94. The highest BCUT2D eigenvalue weighted by atomic mass is 32.2. The number of hydrogen-bond donors (Lipinski definition) is 1. The van der Waals surface area contributed by atoms with Gasteiger partial charge in [0.05, 0.1) is 12.9 Å². The molecule has 0 spiro atoms. The number of carbonyl (C=O) groups is 2. The lowest BCUT2D eigenvalue weighted by Crippen LogP contribution is -2.51. The van der Waals surface area contributed by atoms with Crippen molar-refractivity contribution >= 4 is 23.6 Å². The van der Waals surface area contributed by atoms with Crippen LogP contribution in [0.3, 0.4) is 0 Å². The van der Waals surface area contributed by atoms with Crippen LogP contribution < -0.4 is 10.1 Å². The highest BCUT2D eigenvalue weighted by molar-refractivity contribution is 7.99. The lowest BCUT2D eigenvalue weighted by molar-refractivity contribution is -0.139. The van der Waals surface area contributed by atoms with Crippen LogP contribution >= 0.6 is 11.8 Å². The molecular formula is C26H34N2O3S. The zero-order valence-corrected chi connectivity index (χ0v) is 19.9. The van der Waals surface area contributed by atoms with Crippen LogP contribution in [0.2, 0.25) is 0 Å². The maximum Gasteiger partial charge on any atom is 0.243 e. The highest BCUT2D eigenvalue weighted by Gasteiger charge is 2.30. The number of carbonyl (C=O) groups excluding carboxylic acids is 2. The van der Waals surface area contributed by atoms with E-state index in [4.69, 9.17) is 4.74 Å². The molecule has 1 atom stereocenters. The van der Waals surface area contributed by atoms with Crippen LogP contribution in [0.4, 0.5) is 0 Å². The fourth-order valence-electron chi connectivity index (χ4n) is 4.13. The van der Waals surface area contributed by atoms with Gasteiger partial charge in [-0.1, -0.05) is 62.2 Å². The lowest BCUT2D eigenvalue weighted by atomic mass is 10.1. The second-order valence-electron chi connectivity index (χ2n) is 8.26. The zero-order valence-electron chi connectivity index (χ0n) is 19.1. The van der Waals surface area contributed by atoms with Crippen molar-refractivity contribution in [2.45, 2.75) is 63.4 Å². The number of amides is 2. The van der Waals surface area contributed by atoms with Crippen LogP contribution in [0, 0.1) is 0 Å². The van der Waals surface area contributed by atoms with Gasteiger partial charge in [-0.15, -0.1) is 11.8 Å². The largest absolute Gasteiger partial charge is 0.497 e. The van der Waals surface area contributed by atoms with Crippen molar-refractivity contribution in [3.05, 3.63) is 65.7 Å². The van der Waals surface area contributed by atoms with Crippen LogP contribution in [0.15, 0.2) is 54.6 Å². The van der Waals surface area contributed by atoms with E-state index < -0.39 is 6.04 Å². The molecule has 0 saturated heterocycles. The molecule has 0 aliphatic heterocycles. The first-order chi connectivity index (χ1) is 15.6. The number of methoxy groups -OCH3 is 1. The van der Waals surface area contributed by atoms with Crippen LogP contribution in [0.5, 0.6) is 5.75 Å². The van der Waals surface area contributed by atoms with Crippen molar-refractivity contribution in [3.8, 4) is 5.75 Å². The summed E-state index contributed by atoms with van der Waals surface area (Å²) in [6, 6.07) is 17.6. The van der Waals surface area contributed by atoms with Crippen molar-refractivity contribution < 1.29 is 14.3 Å². The van der Waals surface area contributed by atoms with Gasteiger partial charge in [0.2, 0.25) is 11.8 Å². The van der Waals surface area contributed by atoms with E-state index in [9.17, 15) is 9.59 Å². The number of benzene rings is 2. The predicted octanol–water partition coefficient (Wildman–Crippen LogP) is 4.79. The molecule has 2 aromatic rings. The second kappa shape index (κ2) is 12.5. The monoisotopic (exact) mass is 454 g/mol. The molecule has 1 N–H and O–H groups in total. The van der Waals surface area contributed by atoms with Gasteiger partial charge >= 0.3 is 0 Å². The maximum absolute atomic E-state index is 13.3. The molecule has 6 heteroatoms. The fraction of sp³-hybridized carbons (Fsp3) is 0.462. The Kier molecular flexibility index (Phi) is 9.47. The van der Waals surface area contributed by atoms with Gasteiger partial charge in [0.15, 0.2) is 0 Å². The number of ether oxygens (including phenoxy) is 1. The average molecular weight is 455 g/mol. The number of hydrogen-bond acceptors (Lipinski definition) is 4. The zero-order chi connectivity index (χ0) is 22.8. The van der Waals surface area contributed by atoms with E-state index in [1.165, 1.54) is 5.56 Å². The predicted molar refractivity (Wildman–Crippen MR) is 131 cm³/mol. The van der Waals surface area contributed by atoms with E-state index in [1.54, 1.807) is 23.8 Å². The Morgan fingerprint density at radius 1 is 1.06 bits per heavy atom. The van der Waals surface area contributed by atoms with Crippen LogP contribution in [0.25, 0.3) is 0 Å². The Morgan fingerprint density at radius 3 is 2.38 bits per heavy atom. The molecule has 1 saturated carbocycles. The molecule has 0 unspecified atom stereocenters. The summed E-state index contributed by atoms with van der Waals surface area (Å²) in [7, 11) is 1.63. The normalized spacial score (nSPS) is 14.7. The molecule has 2 amide bonds. The quantitative estimate of drug-likeness (QED) is 0.530. The van der Waals surface area contributed by atoms with Crippen molar-refractivity contribution in [3.63, 3.8) is 0 Å². The first-order valence-electron chi connectivity index (χ1n) is 11.4. The Morgan fingerprint density at radius 2 is 1.75 bits per heavy atom. The van der Waals surface area contributed by atoms with Gasteiger partial charge < -0.3 is 15.0 Å². The van der Waals surface area contributed by atoms with E-state index in [2.05, 4.69) is 17.4 Å². The van der Waals surface area contributed by atoms with Gasteiger partial charge in [0.1, 0.15) is 11.8 Å². The summed E-state index contributed by atoms with van der Waals surface area (Å²) in [6.07, 6.45) is 4.96. The third kappa shape index (κ3) is 7.02. The average Bonchev–Trinajstić information content (AvgIpc) is 3.33. The molecule has 0 heterocycles. The first kappa shape index (κ1) is 24.2. The van der Waals surface area contributed by atoms with Crippen LogP contribution in [0.1, 0.15) is 50.2 Å². The number of rotatable bonds is 11. The second-order valence-corrected chi connectivity index (χ2v) is 9.25. The standard InChI is InChI=1S/C26H34N2O3S/c1-3-24(26(30)27-22-11-7-8-12-22)28(17-20-13-15-23(31-2)16-14-20)25(29)19-32-18-21-9-5-4-6-10-21/h4-6,9-10,13-16,22,24H,3,7-8,11-12,17-19H2,1-2H3,(H,27,30)/t24-/m0/s1. The summed E-state index contributed by atoms with van der Waals surface area (Å²) in [5, 5.41) is 3.19. The first-order valence-corrected chi connectivity index (χ1v) is 12.6. The van der Waals surface area contributed by atoms with Gasteiger partial charge in [-0.3, -0.25) is 9.59 Å². The van der Waals surface area contributed by atoms with Crippen molar-refractivity contribution in [1.29, 1.82) is 0 Å². The fourth-order valence-corrected chi connectivity index (χ4v) is 5.00. The molecule has 3 rings (SSSR count). The Hall–Kier alpha value is -2.47. The molecule has 1 aliphatic carbocycles. The summed E-state index contributed by atoms with van der Waals surface area (Å²) in [4.78, 5) is 28.2. The number of thioether (sulfide) groups is 1. The summed E-state index contributed by atoms with van der Waals surface area (Å²) in [5.41, 5.74) is 2.18. The Balaban J connectivity index is 1.70. The van der Waals surface area contributed by atoms with E-state index in [0.717, 1.165) is 42.7 Å².